The first-order valence-electron chi connectivity index (χ1n) is 9.95. The van der Waals surface area contributed by atoms with E-state index in [0.717, 1.165) is 42.1 Å². The Labute approximate surface area is 186 Å². The van der Waals surface area contributed by atoms with E-state index in [9.17, 15) is 8.78 Å². The molecule has 0 N–H and O–H groups in total. The van der Waals surface area contributed by atoms with Gasteiger partial charge in [-0.05, 0) is 43.2 Å². The van der Waals surface area contributed by atoms with E-state index in [2.05, 4.69) is 20.1 Å². The van der Waals surface area contributed by atoms with Crippen LogP contribution in [0.3, 0.4) is 0 Å². The zero-order valence-electron chi connectivity index (χ0n) is 16.5. The fourth-order valence-corrected chi connectivity index (χ4v) is 4.92. The zero-order valence-corrected chi connectivity index (χ0v) is 18.0. The molecule has 31 heavy (non-hydrogen) atoms. The summed E-state index contributed by atoms with van der Waals surface area (Å²) in [6.45, 7) is -0.858. The van der Waals surface area contributed by atoms with Gasteiger partial charge in [-0.15, -0.1) is 10.2 Å². The van der Waals surface area contributed by atoms with Gasteiger partial charge >= 0.3 is 6.55 Å². The lowest BCUT2D eigenvalue weighted by atomic mass is 10.3. The van der Waals surface area contributed by atoms with Gasteiger partial charge in [0.1, 0.15) is 5.82 Å². The number of anilines is 1. The van der Waals surface area contributed by atoms with Gasteiger partial charge < -0.3 is 4.90 Å². The van der Waals surface area contributed by atoms with Gasteiger partial charge in [-0.1, -0.05) is 41.6 Å². The molecule has 5 rings (SSSR count). The van der Waals surface area contributed by atoms with Crippen LogP contribution in [-0.4, -0.2) is 37.4 Å². The summed E-state index contributed by atoms with van der Waals surface area (Å²) in [4.78, 5) is 6.61. The molecule has 6 nitrogen and oxygen atoms in total. The van der Waals surface area contributed by atoms with Crippen molar-refractivity contribution in [1.29, 1.82) is 0 Å². The van der Waals surface area contributed by atoms with E-state index in [-0.39, 0.29) is 5.75 Å². The maximum Gasteiger partial charge on any atom is 0.320 e. The van der Waals surface area contributed by atoms with Gasteiger partial charge in [-0.3, -0.25) is 9.13 Å². The number of hydrogen-bond acceptors (Lipinski definition) is 5. The first kappa shape index (κ1) is 20.3. The first-order valence-corrected chi connectivity index (χ1v) is 11.3. The van der Waals surface area contributed by atoms with E-state index in [1.165, 1.54) is 11.8 Å². The average molecular weight is 461 g/mol. The van der Waals surface area contributed by atoms with Gasteiger partial charge in [-0.2, -0.15) is 8.78 Å². The van der Waals surface area contributed by atoms with E-state index in [0.29, 0.717) is 27.0 Å². The molecule has 0 unspecified atom stereocenters. The molecule has 2 aromatic heterocycles. The third kappa shape index (κ3) is 3.87. The minimum Gasteiger partial charge on any atom is -0.341 e. The van der Waals surface area contributed by atoms with Crippen LogP contribution in [0.4, 0.5) is 14.7 Å². The summed E-state index contributed by atoms with van der Waals surface area (Å²) >= 11 is 7.56. The summed E-state index contributed by atoms with van der Waals surface area (Å²) in [5.41, 5.74) is 1.80. The van der Waals surface area contributed by atoms with Crippen molar-refractivity contribution in [2.24, 2.45) is 0 Å². The second-order valence-electron chi connectivity index (χ2n) is 7.25. The van der Waals surface area contributed by atoms with Gasteiger partial charge in [-0.25, -0.2) is 4.98 Å². The molecule has 1 fully saturated rings. The number of benzene rings is 2. The molecular weight excluding hydrogens is 442 g/mol. The van der Waals surface area contributed by atoms with Crippen LogP contribution in [0.2, 0.25) is 5.02 Å². The van der Waals surface area contributed by atoms with Crippen molar-refractivity contribution in [2.45, 2.75) is 30.3 Å². The third-order valence-corrected chi connectivity index (χ3v) is 6.43. The molecule has 3 heterocycles. The largest absolute Gasteiger partial charge is 0.341 e. The summed E-state index contributed by atoms with van der Waals surface area (Å²) in [6, 6.07) is 14.4. The number of aromatic nitrogens is 5. The van der Waals surface area contributed by atoms with Gasteiger partial charge in [0, 0.05) is 18.1 Å². The lowest BCUT2D eigenvalue weighted by Crippen LogP contribution is -2.22. The molecule has 0 atom stereocenters. The summed E-state index contributed by atoms with van der Waals surface area (Å²) in [5, 5.41) is 10.0. The standard InChI is InChI=1S/C21H19ClF2N6S/c22-14-6-5-7-15(12-14)29-20(28-10-3-4-11-28)26-27-21(29)31-13-18-25-16-8-1-2-9-17(16)30(18)19(23)24/h1-2,5-9,12,19H,3-4,10-11,13H2. The van der Waals surface area contributed by atoms with Crippen molar-refractivity contribution in [3.05, 3.63) is 59.4 Å². The summed E-state index contributed by atoms with van der Waals surface area (Å²) in [7, 11) is 0. The second kappa shape index (κ2) is 8.47. The summed E-state index contributed by atoms with van der Waals surface area (Å²) in [5.74, 6) is 1.27. The van der Waals surface area contributed by atoms with Crippen molar-refractivity contribution in [2.75, 3.05) is 18.0 Å². The zero-order chi connectivity index (χ0) is 21.4. The lowest BCUT2D eigenvalue weighted by Gasteiger charge is -2.18. The van der Waals surface area contributed by atoms with Crippen LogP contribution in [-0.2, 0) is 5.75 Å². The number of rotatable bonds is 6. The van der Waals surface area contributed by atoms with Crippen LogP contribution in [0.5, 0.6) is 0 Å². The molecule has 1 saturated heterocycles. The van der Waals surface area contributed by atoms with Crippen LogP contribution in [0, 0.1) is 0 Å². The molecule has 2 aromatic carbocycles. The van der Waals surface area contributed by atoms with Crippen molar-refractivity contribution in [1.82, 2.24) is 24.3 Å². The number of alkyl halides is 2. The minimum absolute atomic E-state index is 0.234. The Balaban J connectivity index is 1.52. The number of thioether (sulfide) groups is 1. The van der Waals surface area contributed by atoms with Crippen LogP contribution in [0.1, 0.15) is 25.2 Å². The van der Waals surface area contributed by atoms with E-state index in [1.54, 1.807) is 24.3 Å². The number of halogens is 3. The van der Waals surface area contributed by atoms with Crippen molar-refractivity contribution >= 4 is 40.3 Å². The molecule has 0 aliphatic carbocycles. The van der Waals surface area contributed by atoms with Gasteiger partial charge in [0.05, 0.1) is 22.5 Å². The van der Waals surface area contributed by atoms with Crippen LogP contribution < -0.4 is 4.90 Å². The Kier molecular flexibility index (Phi) is 5.54. The summed E-state index contributed by atoms with van der Waals surface area (Å²) < 4.78 is 30.5. The van der Waals surface area contributed by atoms with Gasteiger partial charge in [0.15, 0.2) is 5.16 Å². The van der Waals surface area contributed by atoms with E-state index in [1.807, 2.05) is 28.8 Å². The fraction of sp³-hybridized carbons (Fsp3) is 0.286. The minimum atomic E-state index is -2.67. The van der Waals surface area contributed by atoms with Crippen LogP contribution in [0.15, 0.2) is 53.7 Å². The summed E-state index contributed by atoms with van der Waals surface area (Å²) in [6.07, 6.45) is 2.20. The third-order valence-electron chi connectivity index (χ3n) is 5.27. The number of fused-ring (bicyclic) bond motifs is 1. The number of para-hydroxylation sites is 2. The SMILES string of the molecule is FC(F)n1c(CSc2nnc(N3CCCC3)n2-c2cccc(Cl)c2)nc2ccccc21. The molecule has 0 spiro atoms. The number of imidazole rings is 1. The Morgan fingerprint density at radius 1 is 1.03 bits per heavy atom. The maximum absolute atomic E-state index is 13.8. The Morgan fingerprint density at radius 3 is 2.61 bits per heavy atom. The Morgan fingerprint density at radius 2 is 1.84 bits per heavy atom. The van der Waals surface area contributed by atoms with Gasteiger partial charge in [0.2, 0.25) is 5.95 Å². The molecule has 160 valence electrons. The average Bonchev–Trinajstić information content (AvgIpc) is 3.49. The monoisotopic (exact) mass is 460 g/mol. The molecule has 0 saturated carbocycles. The quantitative estimate of drug-likeness (QED) is 0.353. The lowest BCUT2D eigenvalue weighted by molar-refractivity contribution is 0.0722. The van der Waals surface area contributed by atoms with Crippen LogP contribution in [0.25, 0.3) is 16.7 Å². The highest BCUT2D eigenvalue weighted by molar-refractivity contribution is 7.98. The van der Waals surface area contributed by atoms with Crippen molar-refractivity contribution in [3.63, 3.8) is 0 Å². The number of nitrogens with zero attached hydrogens (tertiary/aromatic N) is 6. The predicted octanol–water partition coefficient (Wildman–Crippen LogP) is 5.56. The topological polar surface area (TPSA) is 51.8 Å². The predicted molar refractivity (Wildman–Crippen MR) is 118 cm³/mol. The molecule has 1 aliphatic heterocycles. The highest BCUT2D eigenvalue weighted by atomic mass is 35.5. The first-order chi connectivity index (χ1) is 15.1. The molecule has 4 aromatic rings. The van der Waals surface area contributed by atoms with E-state index in [4.69, 9.17) is 11.6 Å². The molecule has 0 bridgehead atoms. The van der Waals surface area contributed by atoms with E-state index < -0.39 is 6.55 Å². The fourth-order valence-electron chi connectivity index (χ4n) is 3.86. The van der Waals surface area contributed by atoms with Crippen molar-refractivity contribution in [3.8, 4) is 5.69 Å². The molecule has 0 amide bonds. The Hall–Kier alpha value is -2.65. The van der Waals surface area contributed by atoms with Crippen molar-refractivity contribution < 1.29 is 8.78 Å². The van der Waals surface area contributed by atoms with Crippen LogP contribution >= 0.6 is 23.4 Å². The second-order valence-corrected chi connectivity index (χ2v) is 8.62. The molecule has 1 aliphatic rings. The normalized spacial score (nSPS) is 14.3. The molecular formula is C21H19ClF2N6S. The highest BCUT2D eigenvalue weighted by Crippen LogP contribution is 2.32. The van der Waals surface area contributed by atoms with E-state index >= 15 is 0 Å². The molecule has 0 radical (unpaired) electrons. The molecule has 10 heteroatoms. The highest BCUT2D eigenvalue weighted by Gasteiger charge is 2.24. The Bertz CT molecular complexity index is 1220. The number of hydrogen-bond donors (Lipinski definition) is 0. The van der Waals surface area contributed by atoms with Gasteiger partial charge in [0.25, 0.3) is 0 Å². The smallest absolute Gasteiger partial charge is 0.320 e. The maximum atomic E-state index is 13.8.